The minimum Gasteiger partial charge on any atom is -0.472 e. The lowest BCUT2D eigenvalue weighted by molar-refractivity contribution is 0.217. The molecule has 1 N–H and O–H groups in total. The third-order valence-corrected chi connectivity index (χ3v) is 4.17. The first-order chi connectivity index (χ1) is 12.0. The molecule has 0 radical (unpaired) electrons. The Labute approximate surface area is 146 Å². The van der Waals surface area contributed by atoms with Crippen LogP contribution in [0.2, 0.25) is 0 Å². The Morgan fingerprint density at radius 2 is 2.24 bits per heavy atom. The summed E-state index contributed by atoms with van der Waals surface area (Å²) in [7, 11) is 3.34. The van der Waals surface area contributed by atoms with Gasteiger partial charge in [-0.25, -0.2) is 9.78 Å². The average molecular weight is 345 g/mol. The third kappa shape index (κ3) is 4.27. The molecule has 8 nitrogen and oxygen atoms in total. The second kappa shape index (κ2) is 7.52. The predicted octanol–water partition coefficient (Wildman–Crippen LogP) is 1.01. The van der Waals surface area contributed by atoms with Crippen molar-refractivity contribution in [3.63, 3.8) is 0 Å². The molecule has 0 saturated carbocycles. The number of furan rings is 1. The molecule has 0 bridgehead atoms. The molecular formula is C17H23N5O3. The summed E-state index contributed by atoms with van der Waals surface area (Å²) in [5, 5.41) is 2.75. The highest BCUT2D eigenvalue weighted by molar-refractivity contribution is 5.73. The van der Waals surface area contributed by atoms with Crippen molar-refractivity contribution in [1.82, 2.24) is 24.7 Å². The molecule has 1 aliphatic rings. The standard InChI is InChI=1S/C17H23N5O3/c1-20(2)17(24)18-9-14-8-16(23)22-6-3-5-21(11-15(22)19-14)10-13-4-7-25-12-13/h4,7-8,12H,3,5-6,9-11H2,1-2H3,(H,18,24). The molecule has 25 heavy (non-hydrogen) atoms. The van der Waals surface area contributed by atoms with Gasteiger partial charge in [0.05, 0.1) is 31.3 Å². The lowest BCUT2D eigenvalue weighted by Gasteiger charge is -2.19. The fourth-order valence-corrected chi connectivity index (χ4v) is 2.89. The molecule has 2 amide bonds. The number of fused-ring (bicyclic) bond motifs is 1. The number of amides is 2. The highest BCUT2D eigenvalue weighted by Crippen LogP contribution is 2.13. The molecule has 0 fully saturated rings. The van der Waals surface area contributed by atoms with Gasteiger partial charge < -0.3 is 14.6 Å². The molecule has 0 atom stereocenters. The summed E-state index contributed by atoms with van der Waals surface area (Å²) >= 11 is 0. The number of urea groups is 1. The van der Waals surface area contributed by atoms with Gasteiger partial charge in [0.2, 0.25) is 0 Å². The van der Waals surface area contributed by atoms with E-state index in [2.05, 4.69) is 15.2 Å². The van der Waals surface area contributed by atoms with Gasteiger partial charge in [-0.1, -0.05) is 0 Å². The number of nitrogens with zero attached hydrogens (tertiary/aromatic N) is 4. The van der Waals surface area contributed by atoms with Gasteiger partial charge in [0, 0.05) is 45.4 Å². The molecule has 0 aromatic carbocycles. The molecule has 134 valence electrons. The van der Waals surface area contributed by atoms with Crippen molar-refractivity contribution in [3.8, 4) is 0 Å². The van der Waals surface area contributed by atoms with Gasteiger partial charge in [0.15, 0.2) is 0 Å². The Morgan fingerprint density at radius 1 is 1.40 bits per heavy atom. The van der Waals surface area contributed by atoms with Gasteiger partial charge in [0.1, 0.15) is 5.82 Å². The highest BCUT2D eigenvalue weighted by Gasteiger charge is 2.18. The van der Waals surface area contributed by atoms with Crippen LogP contribution in [0.1, 0.15) is 23.5 Å². The fraction of sp³-hybridized carbons (Fsp3) is 0.471. The minimum atomic E-state index is -0.210. The van der Waals surface area contributed by atoms with E-state index in [1.165, 1.54) is 11.0 Å². The SMILES string of the molecule is CN(C)C(=O)NCc1cc(=O)n2c(n1)CN(Cc1ccoc1)CCC2. The molecule has 0 saturated heterocycles. The minimum absolute atomic E-state index is 0.0655. The number of nitrogens with one attached hydrogen (secondary N) is 1. The molecule has 3 rings (SSSR count). The van der Waals surface area contributed by atoms with Crippen molar-refractivity contribution in [3.05, 3.63) is 52.1 Å². The second-order valence-corrected chi connectivity index (χ2v) is 6.40. The first-order valence-corrected chi connectivity index (χ1v) is 8.31. The van der Waals surface area contributed by atoms with Crippen LogP contribution in [-0.4, -0.2) is 46.0 Å². The van der Waals surface area contributed by atoms with Crippen molar-refractivity contribution in [1.29, 1.82) is 0 Å². The maximum atomic E-state index is 12.4. The Hall–Kier alpha value is -2.61. The molecule has 0 unspecified atom stereocenters. The smallest absolute Gasteiger partial charge is 0.317 e. The van der Waals surface area contributed by atoms with E-state index < -0.39 is 0 Å². The van der Waals surface area contributed by atoms with Crippen molar-refractivity contribution in [2.45, 2.75) is 32.6 Å². The summed E-state index contributed by atoms with van der Waals surface area (Å²) in [6.07, 6.45) is 4.29. The van der Waals surface area contributed by atoms with Crippen LogP contribution in [0.5, 0.6) is 0 Å². The normalized spacial score (nSPS) is 14.6. The number of carbonyl (C=O) groups is 1. The molecule has 1 aliphatic heterocycles. The van der Waals surface area contributed by atoms with Gasteiger partial charge in [0.25, 0.3) is 5.56 Å². The maximum Gasteiger partial charge on any atom is 0.317 e. The van der Waals surface area contributed by atoms with Crippen molar-refractivity contribution >= 4 is 6.03 Å². The largest absolute Gasteiger partial charge is 0.472 e. The zero-order valence-electron chi connectivity index (χ0n) is 14.6. The molecule has 8 heteroatoms. The number of hydrogen-bond donors (Lipinski definition) is 1. The number of hydrogen-bond acceptors (Lipinski definition) is 5. The quantitative estimate of drug-likeness (QED) is 0.894. The zero-order valence-corrected chi connectivity index (χ0v) is 14.6. The van der Waals surface area contributed by atoms with E-state index in [0.29, 0.717) is 18.8 Å². The summed E-state index contributed by atoms with van der Waals surface area (Å²) in [4.78, 5) is 32.4. The van der Waals surface area contributed by atoms with Crippen LogP contribution < -0.4 is 10.9 Å². The lowest BCUT2D eigenvalue weighted by Crippen LogP contribution is -2.35. The van der Waals surface area contributed by atoms with E-state index in [1.54, 1.807) is 31.2 Å². The van der Waals surface area contributed by atoms with Crippen LogP contribution in [0, 0.1) is 0 Å². The van der Waals surface area contributed by atoms with Gasteiger partial charge >= 0.3 is 6.03 Å². The lowest BCUT2D eigenvalue weighted by atomic mass is 10.3. The molecular weight excluding hydrogens is 322 g/mol. The molecule has 0 spiro atoms. The van der Waals surface area contributed by atoms with E-state index in [4.69, 9.17) is 4.42 Å². The summed E-state index contributed by atoms with van der Waals surface area (Å²) in [6.45, 7) is 3.14. The first-order valence-electron chi connectivity index (χ1n) is 8.31. The van der Waals surface area contributed by atoms with Gasteiger partial charge in [-0.05, 0) is 12.5 Å². The summed E-state index contributed by atoms with van der Waals surface area (Å²) in [6, 6.07) is 3.24. The molecule has 2 aromatic rings. The van der Waals surface area contributed by atoms with E-state index in [-0.39, 0.29) is 18.1 Å². The highest BCUT2D eigenvalue weighted by atomic mass is 16.3. The topological polar surface area (TPSA) is 83.6 Å². The van der Waals surface area contributed by atoms with Crippen molar-refractivity contribution < 1.29 is 9.21 Å². The van der Waals surface area contributed by atoms with Crippen LogP contribution in [0.15, 0.2) is 33.9 Å². The van der Waals surface area contributed by atoms with Gasteiger partial charge in [-0.15, -0.1) is 0 Å². The van der Waals surface area contributed by atoms with Crippen LogP contribution in [0.3, 0.4) is 0 Å². The predicted molar refractivity (Wildman–Crippen MR) is 91.9 cm³/mol. The Kier molecular flexibility index (Phi) is 5.18. The van der Waals surface area contributed by atoms with E-state index in [1.807, 2.05) is 6.07 Å². The van der Waals surface area contributed by atoms with Gasteiger partial charge in [-0.2, -0.15) is 0 Å². The van der Waals surface area contributed by atoms with Crippen molar-refractivity contribution in [2.75, 3.05) is 20.6 Å². The van der Waals surface area contributed by atoms with Crippen LogP contribution in [0.4, 0.5) is 4.79 Å². The van der Waals surface area contributed by atoms with Crippen LogP contribution >= 0.6 is 0 Å². The zero-order chi connectivity index (χ0) is 17.8. The second-order valence-electron chi connectivity index (χ2n) is 6.40. The maximum absolute atomic E-state index is 12.4. The average Bonchev–Trinajstić information content (AvgIpc) is 2.98. The summed E-state index contributed by atoms with van der Waals surface area (Å²) in [5.41, 5.74) is 1.62. The Balaban J connectivity index is 1.76. The van der Waals surface area contributed by atoms with Crippen LogP contribution in [-0.2, 0) is 26.2 Å². The van der Waals surface area contributed by atoms with E-state index in [9.17, 15) is 9.59 Å². The van der Waals surface area contributed by atoms with Crippen LogP contribution in [0.25, 0.3) is 0 Å². The summed E-state index contributed by atoms with van der Waals surface area (Å²) in [5.74, 6) is 0.739. The monoisotopic (exact) mass is 345 g/mol. The third-order valence-electron chi connectivity index (χ3n) is 4.17. The molecule has 2 aromatic heterocycles. The fourth-order valence-electron chi connectivity index (χ4n) is 2.89. The first kappa shape index (κ1) is 17.2. The van der Waals surface area contributed by atoms with E-state index in [0.717, 1.165) is 30.9 Å². The van der Waals surface area contributed by atoms with Crippen molar-refractivity contribution in [2.24, 2.45) is 0 Å². The molecule has 3 heterocycles. The number of rotatable bonds is 4. The van der Waals surface area contributed by atoms with Gasteiger partial charge in [-0.3, -0.25) is 14.3 Å². The molecule has 0 aliphatic carbocycles. The Bertz CT molecular complexity index is 782. The summed E-state index contributed by atoms with van der Waals surface area (Å²) < 4.78 is 6.86. The number of carbonyl (C=O) groups excluding carboxylic acids is 1. The van der Waals surface area contributed by atoms with E-state index >= 15 is 0 Å². The Morgan fingerprint density at radius 3 is 2.96 bits per heavy atom. The number of aromatic nitrogens is 2.